The minimum Gasteiger partial charge on any atom is -0.300 e. The second kappa shape index (κ2) is 7.25. The van der Waals surface area contributed by atoms with Gasteiger partial charge in [0.05, 0.1) is 6.07 Å². The molecule has 2 nitrogen and oxygen atoms in total. The summed E-state index contributed by atoms with van der Waals surface area (Å²) in [5, 5.41) is 10.4. The van der Waals surface area contributed by atoms with Crippen molar-refractivity contribution in [1.29, 1.82) is 5.26 Å². The van der Waals surface area contributed by atoms with Gasteiger partial charge in [0.1, 0.15) is 5.41 Å². The fourth-order valence-corrected chi connectivity index (χ4v) is 5.35. The lowest BCUT2D eigenvalue weighted by Gasteiger charge is -2.48. The molecular weight excluding hydrogens is 316 g/mol. The van der Waals surface area contributed by atoms with Crippen LogP contribution >= 0.6 is 0 Å². The Kier molecular flexibility index (Phi) is 4.83. The molecule has 2 aliphatic heterocycles. The summed E-state index contributed by atoms with van der Waals surface area (Å²) >= 11 is 0. The van der Waals surface area contributed by atoms with Gasteiger partial charge in [-0.25, -0.2) is 0 Å². The molecule has 2 aliphatic rings. The molecule has 134 valence electrons. The van der Waals surface area contributed by atoms with Gasteiger partial charge in [0, 0.05) is 12.1 Å². The monoisotopic (exact) mass is 344 g/mol. The van der Waals surface area contributed by atoms with Crippen molar-refractivity contribution in [2.75, 3.05) is 7.05 Å². The number of nitriles is 1. The average molecular weight is 345 g/mol. The van der Waals surface area contributed by atoms with Crippen LogP contribution in [0.25, 0.3) is 0 Å². The first-order chi connectivity index (χ1) is 12.7. The van der Waals surface area contributed by atoms with E-state index in [4.69, 9.17) is 0 Å². The van der Waals surface area contributed by atoms with Crippen LogP contribution in [-0.2, 0) is 5.41 Å². The second-order valence-corrected chi connectivity index (χ2v) is 8.19. The predicted molar refractivity (Wildman–Crippen MR) is 106 cm³/mol. The van der Waals surface area contributed by atoms with Gasteiger partial charge < -0.3 is 4.90 Å². The summed E-state index contributed by atoms with van der Waals surface area (Å²) in [5.74, 6) is 0.613. The van der Waals surface area contributed by atoms with Gasteiger partial charge in [0.15, 0.2) is 0 Å². The van der Waals surface area contributed by atoms with E-state index in [9.17, 15) is 5.26 Å². The number of piperidine rings is 2. The minimum atomic E-state index is -0.544. The van der Waals surface area contributed by atoms with Crippen molar-refractivity contribution in [3.05, 3.63) is 71.8 Å². The molecule has 2 saturated heterocycles. The summed E-state index contributed by atoms with van der Waals surface area (Å²) in [5.41, 5.74) is 1.73. The largest absolute Gasteiger partial charge is 0.300 e. The van der Waals surface area contributed by atoms with Gasteiger partial charge in [-0.3, -0.25) is 0 Å². The maximum atomic E-state index is 10.4. The Morgan fingerprint density at radius 3 is 1.88 bits per heavy atom. The Labute approximate surface area is 157 Å². The van der Waals surface area contributed by atoms with Gasteiger partial charge in [-0.05, 0) is 56.2 Å². The highest BCUT2D eigenvalue weighted by molar-refractivity contribution is 5.45. The normalized spacial score (nSPS) is 26.2. The van der Waals surface area contributed by atoms with Crippen molar-refractivity contribution in [1.82, 2.24) is 4.90 Å². The zero-order valence-corrected chi connectivity index (χ0v) is 15.6. The molecule has 2 fully saturated rings. The van der Waals surface area contributed by atoms with Crippen LogP contribution in [0.15, 0.2) is 60.7 Å². The standard InChI is InChI=1S/C24H28N2/c1-26-22-13-8-14-23(26)16-19(15-22)17-24(18-25,20-9-4-2-5-10-20)21-11-6-3-7-12-21/h2-7,9-12,19,22-23H,8,13-17H2,1H3/t19-,22+,23-. The molecule has 3 atom stereocenters. The summed E-state index contributed by atoms with van der Waals surface area (Å²) in [4.78, 5) is 2.61. The van der Waals surface area contributed by atoms with E-state index < -0.39 is 5.41 Å². The Balaban J connectivity index is 1.69. The van der Waals surface area contributed by atoms with Crippen LogP contribution in [0.4, 0.5) is 0 Å². The zero-order chi connectivity index (χ0) is 18.0. The van der Waals surface area contributed by atoms with E-state index in [1.54, 1.807) is 0 Å². The van der Waals surface area contributed by atoms with E-state index in [0.717, 1.165) is 17.5 Å². The molecule has 0 spiro atoms. The second-order valence-electron chi connectivity index (χ2n) is 8.19. The van der Waals surface area contributed by atoms with E-state index in [2.05, 4.69) is 66.5 Å². The Morgan fingerprint density at radius 1 is 0.923 bits per heavy atom. The Hall–Kier alpha value is -2.11. The lowest BCUT2D eigenvalue weighted by atomic mass is 9.66. The highest BCUT2D eigenvalue weighted by atomic mass is 15.2. The van der Waals surface area contributed by atoms with Crippen LogP contribution in [0.5, 0.6) is 0 Å². The maximum Gasteiger partial charge on any atom is 0.107 e. The Bertz CT molecular complexity index is 708. The summed E-state index contributed by atoms with van der Waals surface area (Å²) < 4.78 is 0. The first kappa shape index (κ1) is 17.3. The SMILES string of the molecule is CN1[C@@H]2CCC[C@H]1C[C@@H](CC(C#N)(c1ccccc1)c1ccccc1)C2. The molecular formula is C24H28N2. The molecule has 2 aromatic rings. The fraction of sp³-hybridized carbons (Fsp3) is 0.458. The van der Waals surface area contributed by atoms with E-state index >= 15 is 0 Å². The first-order valence-corrected chi connectivity index (χ1v) is 9.97. The third-order valence-corrected chi connectivity index (χ3v) is 6.76. The molecule has 2 heteroatoms. The zero-order valence-electron chi connectivity index (χ0n) is 15.6. The molecule has 2 heterocycles. The predicted octanol–water partition coefficient (Wildman–Crippen LogP) is 5.15. The molecule has 0 aliphatic carbocycles. The topological polar surface area (TPSA) is 27.0 Å². The lowest BCUT2D eigenvalue weighted by molar-refractivity contribution is 0.0310. The molecule has 2 bridgehead atoms. The van der Waals surface area contributed by atoms with Crippen LogP contribution in [0.3, 0.4) is 0 Å². The van der Waals surface area contributed by atoms with Crippen molar-refractivity contribution in [3.63, 3.8) is 0 Å². The minimum absolute atomic E-state index is 0.544. The lowest BCUT2D eigenvalue weighted by Crippen LogP contribution is -2.50. The third-order valence-electron chi connectivity index (χ3n) is 6.76. The van der Waals surface area contributed by atoms with Gasteiger partial charge >= 0.3 is 0 Å². The smallest absolute Gasteiger partial charge is 0.107 e. The number of benzene rings is 2. The third kappa shape index (κ3) is 3.06. The van der Waals surface area contributed by atoms with Crippen LogP contribution in [0.2, 0.25) is 0 Å². The van der Waals surface area contributed by atoms with Gasteiger partial charge in [-0.2, -0.15) is 5.26 Å². The van der Waals surface area contributed by atoms with Crippen LogP contribution < -0.4 is 0 Å². The molecule has 0 unspecified atom stereocenters. The van der Waals surface area contributed by atoms with E-state index in [1.807, 2.05) is 12.1 Å². The number of nitrogens with zero attached hydrogens (tertiary/aromatic N) is 2. The van der Waals surface area contributed by atoms with Crippen molar-refractivity contribution >= 4 is 0 Å². The molecule has 0 amide bonds. The van der Waals surface area contributed by atoms with Crippen molar-refractivity contribution in [2.45, 2.75) is 56.0 Å². The van der Waals surface area contributed by atoms with Crippen LogP contribution in [0, 0.1) is 17.2 Å². The van der Waals surface area contributed by atoms with Gasteiger partial charge in [-0.15, -0.1) is 0 Å². The van der Waals surface area contributed by atoms with Gasteiger partial charge in [0.2, 0.25) is 0 Å². The van der Waals surface area contributed by atoms with Crippen molar-refractivity contribution in [2.24, 2.45) is 5.92 Å². The Morgan fingerprint density at radius 2 is 1.42 bits per heavy atom. The summed E-state index contributed by atoms with van der Waals surface area (Å²) in [7, 11) is 2.30. The van der Waals surface area contributed by atoms with Crippen LogP contribution in [0.1, 0.15) is 49.7 Å². The first-order valence-electron chi connectivity index (χ1n) is 9.97. The summed E-state index contributed by atoms with van der Waals surface area (Å²) in [6.07, 6.45) is 7.40. The van der Waals surface area contributed by atoms with Crippen molar-refractivity contribution < 1.29 is 0 Å². The van der Waals surface area contributed by atoms with Crippen molar-refractivity contribution in [3.8, 4) is 6.07 Å². The fourth-order valence-electron chi connectivity index (χ4n) is 5.35. The quantitative estimate of drug-likeness (QED) is 0.767. The number of fused-ring (bicyclic) bond motifs is 2. The number of hydrogen-bond donors (Lipinski definition) is 0. The maximum absolute atomic E-state index is 10.4. The molecule has 0 saturated carbocycles. The highest BCUT2D eigenvalue weighted by Gasteiger charge is 2.42. The molecule has 0 aromatic heterocycles. The van der Waals surface area contributed by atoms with E-state index in [0.29, 0.717) is 18.0 Å². The summed E-state index contributed by atoms with van der Waals surface area (Å²) in [6, 6.07) is 25.0. The van der Waals surface area contributed by atoms with Gasteiger partial charge in [0.25, 0.3) is 0 Å². The number of hydrogen-bond acceptors (Lipinski definition) is 2. The van der Waals surface area contributed by atoms with E-state index in [-0.39, 0.29) is 0 Å². The number of rotatable bonds is 4. The molecule has 4 rings (SSSR count). The van der Waals surface area contributed by atoms with Gasteiger partial charge in [-0.1, -0.05) is 67.1 Å². The van der Waals surface area contributed by atoms with E-state index in [1.165, 1.54) is 32.1 Å². The van der Waals surface area contributed by atoms with Crippen LogP contribution in [-0.4, -0.2) is 24.0 Å². The summed E-state index contributed by atoms with van der Waals surface area (Å²) in [6.45, 7) is 0. The molecule has 26 heavy (non-hydrogen) atoms. The molecule has 2 aromatic carbocycles. The molecule has 0 N–H and O–H groups in total. The highest BCUT2D eigenvalue weighted by Crippen LogP contribution is 2.44. The average Bonchev–Trinajstić information content (AvgIpc) is 2.68. The molecule has 0 radical (unpaired) electrons.